The lowest BCUT2D eigenvalue weighted by Gasteiger charge is -2.09. The van der Waals surface area contributed by atoms with Crippen LogP contribution in [0.5, 0.6) is 0 Å². The maximum absolute atomic E-state index is 12.9. The Labute approximate surface area is 142 Å². The van der Waals surface area contributed by atoms with E-state index in [4.69, 9.17) is 4.74 Å². The Morgan fingerprint density at radius 3 is 2.67 bits per heavy atom. The third kappa shape index (κ3) is 2.67. The van der Waals surface area contributed by atoms with Crippen molar-refractivity contribution in [2.24, 2.45) is 0 Å². The number of nitrogens with one attached hydrogen (secondary N) is 1. The van der Waals surface area contributed by atoms with Gasteiger partial charge in [0, 0.05) is 17.8 Å². The van der Waals surface area contributed by atoms with Gasteiger partial charge in [0.05, 0.1) is 17.7 Å². The molecule has 0 atom stereocenters. The Morgan fingerprint density at radius 1 is 1.33 bits per heavy atom. The molecule has 0 spiro atoms. The first-order chi connectivity index (χ1) is 11.6. The highest BCUT2D eigenvalue weighted by molar-refractivity contribution is 7.16. The molecule has 0 aliphatic rings. The zero-order chi connectivity index (χ0) is 17.3. The van der Waals surface area contributed by atoms with Gasteiger partial charge in [-0.2, -0.15) is 9.78 Å². The molecule has 0 unspecified atom stereocenters. The number of rotatable bonds is 4. The van der Waals surface area contributed by atoms with Crippen LogP contribution in [0.1, 0.15) is 23.0 Å². The van der Waals surface area contributed by atoms with Crippen molar-refractivity contribution in [3.8, 4) is 5.69 Å². The van der Waals surface area contributed by atoms with Gasteiger partial charge in [-0.05, 0) is 26.0 Å². The van der Waals surface area contributed by atoms with Gasteiger partial charge in [0.2, 0.25) is 0 Å². The number of esters is 1. The highest BCUT2D eigenvalue weighted by Crippen LogP contribution is 2.30. The Hall–Kier alpha value is -2.67. The van der Waals surface area contributed by atoms with Crippen molar-refractivity contribution in [3.05, 3.63) is 51.3 Å². The fourth-order valence-corrected chi connectivity index (χ4v) is 3.34. The number of carbonyl (C=O) groups excluding carboxylic acids is 1. The van der Waals surface area contributed by atoms with Crippen LogP contribution in [0.3, 0.4) is 0 Å². The van der Waals surface area contributed by atoms with Crippen molar-refractivity contribution in [3.63, 3.8) is 0 Å². The molecule has 3 aromatic rings. The third-order valence-corrected chi connectivity index (χ3v) is 4.62. The molecule has 0 bridgehead atoms. The van der Waals surface area contributed by atoms with Crippen LogP contribution < -0.4 is 10.9 Å². The van der Waals surface area contributed by atoms with E-state index >= 15 is 0 Å². The number of aromatic nitrogens is 2. The van der Waals surface area contributed by atoms with E-state index in [2.05, 4.69) is 10.4 Å². The van der Waals surface area contributed by atoms with E-state index in [-0.39, 0.29) is 17.9 Å². The summed E-state index contributed by atoms with van der Waals surface area (Å²) >= 11 is 1.36. The quantitative estimate of drug-likeness (QED) is 0.737. The summed E-state index contributed by atoms with van der Waals surface area (Å²) in [5.74, 6) is -0.538. The summed E-state index contributed by atoms with van der Waals surface area (Å²) in [4.78, 5) is 25.2. The minimum absolute atomic E-state index is 0.143. The predicted octanol–water partition coefficient (Wildman–Crippen LogP) is 2.97. The fraction of sp³-hybridized carbons (Fsp3) is 0.235. The third-order valence-electron chi connectivity index (χ3n) is 3.63. The molecule has 7 heteroatoms. The zero-order valence-corrected chi connectivity index (χ0v) is 14.4. The number of carbonyl (C=O) groups is 1. The molecule has 24 heavy (non-hydrogen) atoms. The lowest BCUT2D eigenvalue weighted by atomic mass is 10.2. The number of aryl methyl sites for hydroxylation is 1. The molecule has 0 saturated heterocycles. The SMILES string of the molecule is CCOC(=O)c1nn(-c2ccc(C)cc2)c(=O)c2c(NC)scc12. The largest absolute Gasteiger partial charge is 0.461 e. The second-order valence-electron chi connectivity index (χ2n) is 5.23. The summed E-state index contributed by atoms with van der Waals surface area (Å²) in [5.41, 5.74) is 1.55. The van der Waals surface area contributed by atoms with E-state index in [0.29, 0.717) is 21.5 Å². The molecule has 3 rings (SSSR count). The van der Waals surface area contributed by atoms with Gasteiger partial charge in [-0.1, -0.05) is 17.7 Å². The molecule has 124 valence electrons. The summed E-state index contributed by atoms with van der Waals surface area (Å²) in [6, 6.07) is 7.39. The number of hydrogen-bond donors (Lipinski definition) is 1. The molecule has 1 N–H and O–H groups in total. The maximum atomic E-state index is 12.9. The van der Waals surface area contributed by atoms with Crippen molar-refractivity contribution < 1.29 is 9.53 Å². The lowest BCUT2D eigenvalue weighted by Crippen LogP contribution is -2.25. The van der Waals surface area contributed by atoms with Crippen LogP contribution in [-0.4, -0.2) is 29.4 Å². The Kier molecular flexibility index (Phi) is 4.35. The standard InChI is InChI=1S/C17H17N3O3S/c1-4-23-17(22)14-12-9-24-15(18-3)13(12)16(21)20(19-14)11-7-5-10(2)6-8-11/h5-9,18H,4H2,1-3H3. The van der Waals surface area contributed by atoms with Crippen molar-refractivity contribution >= 4 is 33.1 Å². The van der Waals surface area contributed by atoms with Crippen LogP contribution in [0.15, 0.2) is 34.4 Å². The second kappa shape index (κ2) is 6.45. The molecule has 2 aromatic heterocycles. The van der Waals surface area contributed by atoms with Crippen LogP contribution in [0, 0.1) is 6.92 Å². The number of ether oxygens (including phenoxy) is 1. The molecule has 0 aliphatic heterocycles. The predicted molar refractivity (Wildman–Crippen MR) is 95.5 cm³/mol. The molecule has 1 aromatic carbocycles. The lowest BCUT2D eigenvalue weighted by molar-refractivity contribution is 0.0520. The zero-order valence-electron chi connectivity index (χ0n) is 13.6. The number of anilines is 1. The maximum Gasteiger partial charge on any atom is 0.359 e. The number of benzene rings is 1. The van der Waals surface area contributed by atoms with Gasteiger partial charge in [0.15, 0.2) is 5.69 Å². The summed E-state index contributed by atoms with van der Waals surface area (Å²) < 4.78 is 6.35. The fourth-order valence-electron chi connectivity index (χ4n) is 2.44. The highest BCUT2D eigenvalue weighted by Gasteiger charge is 2.21. The normalized spacial score (nSPS) is 10.8. The molecule has 0 amide bonds. The van der Waals surface area contributed by atoms with Gasteiger partial charge < -0.3 is 10.1 Å². The van der Waals surface area contributed by atoms with Gasteiger partial charge >= 0.3 is 5.97 Å². The van der Waals surface area contributed by atoms with E-state index in [0.717, 1.165) is 5.56 Å². The van der Waals surface area contributed by atoms with E-state index in [9.17, 15) is 9.59 Å². The molecule has 0 saturated carbocycles. The molecule has 0 fully saturated rings. The summed E-state index contributed by atoms with van der Waals surface area (Å²) in [6.45, 7) is 3.94. The van der Waals surface area contributed by atoms with E-state index in [1.807, 2.05) is 19.1 Å². The first kappa shape index (κ1) is 16.2. The topological polar surface area (TPSA) is 73.2 Å². The number of thiophene rings is 1. The number of hydrogen-bond acceptors (Lipinski definition) is 6. The number of fused-ring (bicyclic) bond motifs is 1. The molecular weight excluding hydrogens is 326 g/mol. The van der Waals surface area contributed by atoms with Crippen LogP contribution in [0.2, 0.25) is 0 Å². The Morgan fingerprint density at radius 2 is 2.04 bits per heavy atom. The summed E-state index contributed by atoms with van der Waals surface area (Å²) in [6.07, 6.45) is 0. The average Bonchev–Trinajstić information content (AvgIpc) is 3.01. The van der Waals surface area contributed by atoms with Gasteiger partial charge in [-0.3, -0.25) is 4.79 Å². The van der Waals surface area contributed by atoms with E-state index in [1.165, 1.54) is 16.0 Å². The van der Waals surface area contributed by atoms with Crippen LogP contribution in [-0.2, 0) is 4.74 Å². The van der Waals surface area contributed by atoms with Crippen molar-refractivity contribution in [1.29, 1.82) is 0 Å². The van der Waals surface area contributed by atoms with Crippen LogP contribution in [0.25, 0.3) is 16.5 Å². The van der Waals surface area contributed by atoms with Crippen molar-refractivity contribution in [2.45, 2.75) is 13.8 Å². The van der Waals surface area contributed by atoms with Crippen molar-refractivity contribution in [2.75, 3.05) is 19.0 Å². The van der Waals surface area contributed by atoms with Gasteiger partial charge in [0.1, 0.15) is 5.00 Å². The van der Waals surface area contributed by atoms with Crippen LogP contribution in [0.4, 0.5) is 5.00 Å². The smallest absolute Gasteiger partial charge is 0.359 e. The monoisotopic (exact) mass is 343 g/mol. The Balaban J connectivity index is 2.33. The molecule has 2 heterocycles. The molecular formula is C17H17N3O3S. The van der Waals surface area contributed by atoms with Crippen molar-refractivity contribution in [1.82, 2.24) is 9.78 Å². The van der Waals surface area contributed by atoms with Gasteiger partial charge in [0.25, 0.3) is 5.56 Å². The minimum Gasteiger partial charge on any atom is -0.461 e. The molecule has 6 nitrogen and oxygen atoms in total. The average molecular weight is 343 g/mol. The van der Waals surface area contributed by atoms with E-state index in [1.54, 1.807) is 31.5 Å². The number of nitrogens with zero attached hydrogens (tertiary/aromatic N) is 2. The van der Waals surface area contributed by atoms with Crippen LogP contribution >= 0.6 is 11.3 Å². The highest BCUT2D eigenvalue weighted by atomic mass is 32.1. The van der Waals surface area contributed by atoms with Gasteiger partial charge in [-0.15, -0.1) is 11.3 Å². The van der Waals surface area contributed by atoms with E-state index < -0.39 is 5.97 Å². The summed E-state index contributed by atoms with van der Waals surface area (Å²) in [7, 11) is 1.74. The van der Waals surface area contributed by atoms with Gasteiger partial charge in [-0.25, -0.2) is 4.79 Å². The second-order valence-corrected chi connectivity index (χ2v) is 6.10. The first-order valence-electron chi connectivity index (χ1n) is 7.53. The minimum atomic E-state index is -0.538. The molecule has 0 radical (unpaired) electrons. The summed E-state index contributed by atoms with van der Waals surface area (Å²) in [5, 5.41) is 10.7. The molecule has 0 aliphatic carbocycles. The first-order valence-corrected chi connectivity index (χ1v) is 8.41. The Bertz CT molecular complexity index is 958.